The molecule has 30 heavy (non-hydrogen) atoms. The zero-order valence-electron chi connectivity index (χ0n) is 19.5. The van der Waals surface area contributed by atoms with Gasteiger partial charge in [0.1, 0.15) is 6.61 Å². The number of ether oxygens (including phenoxy) is 1. The maximum absolute atomic E-state index is 11.8. The summed E-state index contributed by atoms with van der Waals surface area (Å²) >= 11 is 0. The highest BCUT2D eigenvalue weighted by molar-refractivity contribution is 5.72. The maximum Gasteiger partial charge on any atom is 0.310 e. The Morgan fingerprint density at radius 1 is 0.867 bits per heavy atom. The summed E-state index contributed by atoms with van der Waals surface area (Å²) in [6, 6.07) is 3.71. The largest absolute Gasteiger partial charge is 0.461 e. The van der Waals surface area contributed by atoms with Gasteiger partial charge in [0.05, 0.1) is 6.42 Å². The number of pyridine rings is 1. The number of carbonyl (C=O) groups excluding carboxylic acids is 1. The lowest BCUT2D eigenvalue weighted by molar-refractivity contribution is -0.141. The Labute approximate surface area is 183 Å². The third-order valence-corrected chi connectivity index (χ3v) is 4.90. The van der Waals surface area contributed by atoms with E-state index in [0.29, 0.717) is 6.61 Å². The van der Waals surface area contributed by atoms with Crippen LogP contribution in [-0.2, 0) is 16.0 Å². The highest BCUT2D eigenvalue weighted by Gasteiger charge is 2.03. The van der Waals surface area contributed by atoms with Crippen molar-refractivity contribution in [1.29, 1.82) is 0 Å². The van der Waals surface area contributed by atoms with Gasteiger partial charge in [-0.3, -0.25) is 9.78 Å². The summed E-state index contributed by atoms with van der Waals surface area (Å²) in [5, 5.41) is 0. The second kappa shape index (κ2) is 15.4. The normalized spacial score (nSPS) is 12.6. The molecule has 0 saturated heterocycles. The molecular formula is C27H39NO2. The van der Waals surface area contributed by atoms with E-state index in [9.17, 15) is 4.79 Å². The first kappa shape index (κ1) is 25.6. The van der Waals surface area contributed by atoms with Crippen LogP contribution in [-0.4, -0.2) is 17.6 Å². The summed E-state index contributed by atoms with van der Waals surface area (Å²) < 4.78 is 5.29. The van der Waals surface area contributed by atoms with E-state index in [1.165, 1.54) is 22.3 Å². The molecule has 3 nitrogen and oxygen atoms in total. The van der Waals surface area contributed by atoms with Gasteiger partial charge < -0.3 is 4.74 Å². The van der Waals surface area contributed by atoms with Gasteiger partial charge in [-0.1, -0.05) is 46.6 Å². The summed E-state index contributed by atoms with van der Waals surface area (Å²) in [5.74, 6) is -0.216. The summed E-state index contributed by atoms with van der Waals surface area (Å²) in [7, 11) is 0. The Morgan fingerprint density at radius 2 is 1.43 bits per heavy atom. The molecule has 0 aromatic carbocycles. The number of allylic oxidation sites excluding steroid dienone is 7. The Kier molecular flexibility index (Phi) is 13.2. The summed E-state index contributed by atoms with van der Waals surface area (Å²) in [6.07, 6.45) is 19.2. The number of hydrogen-bond donors (Lipinski definition) is 0. The van der Waals surface area contributed by atoms with Crippen molar-refractivity contribution in [2.24, 2.45) is 0 Å². The highest BCUT2D eigenvalue weighted by Crippen LogP contribution is 2.13. The molecular weight excluding hydrogens is 370 g/mol. The molecule has 1 aromatic heterocycles. The molecule has 0 aliphatic carbocycles. The van der Waals surface area contributed by atoms with Crippen LogP contribution in [0.1, 0.15) is 78.7 Å². The smallest absolute Gasteiger partial charge is 0.310 e. The fourth-order valence-corrected chi connectivity index (χ4v) is 2.98. The van der Waals surface area contributed by atoms with E-state index in [4.69, 9.17) is 4.74 Å². The maximum atomic E-state index is 11.8. The van der Waals surface area contributed by atoms with Gasteiger partial charge >= 0.3 is 5.97 Å². The average molecular weight is 410 g/mol. The Hall–Kier alpha value is -2.42. The number of aromatic nitrogens is 1. The van der Waals surface area contributed by atoms with Gasteiger partial charge in [-0.05, 0) is 90.8 Å². The quantitative estimate of drug-likeness (QED) is 0.253. The van der Waals surface area contributed by atoms with Crippen molar-refractivity contribution in [3.05, 3.63) is 76.7 Å². The van der Waals surface area contributed by atoms with Gasteiger partial charge in [0.25, 0.3) is 0 Å². The van der Waals surface area contributed by atoms with Crippen LogP contribution in [0.4, 0.5) is 0 Å². The number of hydrogen-bond acceptors (Lipinski definition) is 3. The Balaban J connectivity index is 2.21. The molecule has 164 valence electrons. The van der Waals surface area contributed by atoms with Crippen molar-refractivity contribution in [2.75, 3.05) is 6.61 Å². The molecule has 0 aliphatic rings. The lowest BCUT2D eigenvalue weighted by Crippen LogP contribution is -2.08. The molecule has 3 heteroatoms. The molecule has 1 aromatic rings. The van der Waals surface area contributed by atoms with E-state index in [0.717, 1.165) is 44.1 Å². The number of nitrogens with zero attached hydrogens (tertiary/aromatic N) is 1. The van der Waals surface area contributed by atoms with E-state index in [-0.39, 0.29) is 12.4 Å². The van der Waals surface area contributed by atoms with Gasteiger partial charge in [0, 0.05) is 12.4 Å². The molecule has 0 radical (unpaired) electrons. The van der Waals surface area contributed by atoms with Crippen LogP contribution < -0.4 is 0 Å². The zero-order chi connectivity index (χ0) is 22.2. The second-order valence-electron chi connectivity index (χ2n) is 8.27. The van der Waals surface area contributed by atoms with Crippen LogP contribution in [0.3, 0.4) is 0 Å². The van der Waals surface area contributed by atoms with Crippen LogP contribution in [0.2, 0.25) is 0 Å². The Morgan fingerprint density at radius 3 is 1.97 bits per heavy atom. The first-order valence-corrected chi connectivity index (χ1v) is 11.0. The first-order chi connectivity index (χ1) is 14.4. The molecule has 0 N–H and O–H groups in total. The molecule has 0 amide bonds. The van der Waals surface area contributed by atoms with E-state index in [2.05, 4.69) is 57.8 Å². The molecule has 0 atom stereocenters. The third kappa shape index (κ3) is 13.7. The standard InChI is InChI=1S/C27H39NO2/c1-22(2)10-6-11-23(3)12-7-13-24(4)14-8-15-25(5)17-19-30-27(29)20-26-16-9-18-28-21-26/h9-10,12,14,16-18,21H,6-8,11,13,15,19-20H2,1-5H3/b23-12+,24-14+,25-17+. The van der Waals surface area contributed by atoms with Crippen molar-refractivity contribution in [3.63, 3.8) is 0 Å². The zero-order valence-corrected chi connectivity index (χ0v) is 19.5. The lowest BCUT2D eigenvalue weighted by atomic mass is 10.0. The van der Waals surface area contributed by atoms with Gasteiger partial charge in [-0.2, -0.15) is 0 Å². The van der Waals surface area contributed by atoms with E-state index in [1.807, 2.05) is 18.2 Å². The average Bonchev–Trinajstić information content (AvgIpc) is 2.68. The first-order valence-electron chi connectivity index (χ1n) is 11.0. The summed E-state index contributed by atoms with van der Waals surface area (Å²) in [5.41, 5.74) is 6.45. The Bertz CT molecular complexity index is 750. The van der Waals surface area contributed by atoms with Crippen LogP contribution in [0.25, 0.3) is 0 Å². The number of esters is 1. The lowest BCUT2D eigenvalue weighted by Gasteiger charge is -2.04. The summed E-state index contributed by atoms with van der Waals surface area (Å²) in [4.78, 5) is 15.8. The van der Waals surface area contributed by atoms with Crippen molar-refractivity contribution >= 4 is 5.97 Å². The number of carbonyl (C=O) groups is 1. The van der Waals surface area contributed by atoms with E-state index in [1.54, 1.807) is 12.4 Å². The molecule has 0 spiro atoms. The fourth-order valence-electron chi connectivity index (χ4n) is 2.98. The van der Waals surface area contributed by atoms with Crippen molar-refractivity contribution < 1.29 is 9.53 Å². The molecule has 0 unspecified atom stereocenters. The minimum absolute atomic E-state index is 0.216. The third-order valence-electron chi connectivity index (χ3n) is 4.90. The second-order valence-corrected chi connectivity index (χ2v) is 8.27. The molecule has 0 bridgehead atoms. The fraction of sp³-hybridized carbons (Fsp3) is 0.481. The van der Waals surface area contributed by atoms with E-state index >= 15 is 0 Å². The van der Waals surface area contributed by atoms with Gasteiger partial charge in [-0.15, -0.1) is 0 Å². The van der Waals surface area contributed by atoms with Crippen molar-refractivity contribution in [1.82, 2.24) is 4.98 Å². The molecule has 1 rings (SSSR count). The monoisotopic (exact) mass is 409 g/mol. The predicted octanol–water partition coefficient (Wildman–Crippen LogP) is 7.31. The molecule has 0 saturated carbocycles. The van der Waals surface area contributed by atoms with Crippen LogP contribution in [0, 0.1) is 0 Å². The number of rotatable bonds is 13. The van der Waals surface area contributed by atoms with Gasteiger partial charge in [0.15, 0.2) is 0 Å². The molecule has 0 fully saturated rings. The molecule has 1 heterocycles. The predicted molar refractivity (Wildman–Crippen MR) is 127 cm³/mol. The minimum Gasteiger partial charge on any atom is -0.461 e. The van der Waals surface area contributed by atoms with Crippen LogP contribution in [0.15, 0.2) is 71.1 Å². The van der Waals surface area contributed by atoms with Crippen molar-refractivity contribution in [3.8, 4) is 0 Å². The highest BCUT2D eigenvalue weighted by atomic mass is 16.5. The van der Waals surface area contributed by atoms with Crippen molar-refractivity contribution in [2.45, 2.75) is 79.6 Å². The van der Waals surface area contributed by atoms with Crippen LogP contribution in [0.5, 0.6) is 0 Å². The van der Waals surface area contributed by atoms with Gasteiger partial charge in [0.2, 0.25) is 0 Å². The summed E-state index contributed by atoms with van der Waals surface area (Å²) in [6.45, 7) is 11.2. The minimum atomic E-state index is -0.216. The van der Waals surface area contributed by atoms with E-state index < -0.39 is 0 Å². The van der Waals surface area contributed by atoms with Gasteiger partial charge in [-0.25, -0.2) is 0 Å². The topological polar surface area (TPSA) is 39.2 Å². The molecule has 0 aliphatic heterocycles. The van der Waals surface area contributed by atoms with Crippen LogP contribution >= 0.6 is 0 Å². The SMILES string of the molecule is CC(C)=CCC/C(C)=C/CC/C(C)=C/CC/C(C)=C/COC(=O)Cc1cccnc1.